The second-order valence-electron chi connectivity index (χ2n) is 5.62. The molecule has 1 fully saturated rings. The van der Waals surface area contributed by atoms with E-state index < -0.39 is 0 Å². The van der Waals surface area contributed by atoms with Crippen molar-refractivity contribution in [1.29, 1.82) is 0 Å². The van der Waals surface area contributed by atoms with Crippen molar-refractivity contribution < 1.29 is 4.74 Å². The first-order chi connectivity index (χ1) is 10.3. The summed E-state index contributed by atoms with van der Waals surface area (Å²) in [5.74, 6) is 1.64. The largest absolute Gasteiger partial charge is 0.385 e. The van der Waals surface area contributed by atoms with Crippen molar-refractivity contribution in [3.63, 3.8) is 0 Å². The molecular formula is C16H22ClN3O. The van der Waals surface area contributed by atoms with Crippen LogP contribution < -0.4 is 5.32 Å². The molecule has 0 amide bonds. The molecule has 3 rings (SSSR count). The zero-order chi connectivity index (χ0) is 14.7. The van der Waals surface area contributed by atoms with Gasteiger partial charge in [0.25, 0.3) is 0 Å². The van der Waals surface area contributed by atoms with Crippen LogP contribution in [0.3, 0.4) is 0 Å². The average Bonchev–Trinajstić information content (AvgIpc) is 2.89. The highest BCUT2D eigenvalue weighted by Crippen LogP contribution is 2.30. The van der Waals surface area contributed by atoms with Gasteiger partial charge >= 0.3 is 0 Å². The predicted molar refractivity (Wildman–Crippen MR) is 86.1 cm³/mol. The Morgan fingerprint density at radius 3 is 3.14 bits per heavy atom. The molecule has 1 aromatic carbocycles. The predicted octanol–water partition coefficient (Wildman–Crippen LogP) is 3.19. The molecular weight excluding hydrogens is 286 g/mol. The summed E-state index contributed by atoms with van der Waals surface area (Å²) in [6.07, 6.45) is 3.39. The summed E-state index contributed by atoms with van der Waals surface area (Å²) < 4.78 is 7.52. The molecule has 2 heterocycles. The van der Waals surface area contributed by atoms with E-state index in [0.29, 0.717) is 5.92 Å². The van der Waals surface area contributed by atoms with Crippen molar-refractivity contribution in [3.05, 3.63) is 29.0 Å². The number of aryl methyl sites for hydroxylation is 1. The number of aromatic nitrogens is 2. The number of piperidine rings is 1. The molecule has 1 atom stereocenters. The van der Waals surface area contributed by atoms with Gasteiger partial charge in [-0.1, -0.05) is 17.7 Å². The Morgan fingerprint density at radius 1 is 1.48 bits per heavy atom. The van der Waals surface area contributed by atoms with Gasteiger partial charge in [-0.25, -0.2) is 4.98 Å². The number of fused-ring (bicyclic) bond motifs is 1. The summed E-state index contributed by atoms with van der Waals surface area (Å²) in [4.78, 5) is 4.86. The Labute approximate surface area is 130 Å². The van der Waals surface area contributed by atoms with Gasteiger partial charge in [0, 0.05) is 32.7 Å². The van der Waals surface area contributed by atoms with E-state index in [0.717, 1.165) is 48.7 Å². The van der Waals surface area contributed by atoms with Crippen molar-refractivity contribution >= 4 is 22.6 Å². The maximum atomic E-state index is 6.33. The Morgan fingerprint density at radius 2 is 2.38 bits per heavy atom. The molecule has 0 aliphatic carbocycles. The SMILES string of the molecule is COCCCn1c([C@@H]2CCCNC2)nc2c(Cl)cccc21. The monoisotopic (exact) mass is 307 g/mol. The topological polar surface area (TPSA) is 39.1 Å². The lowest BCUT2D eigenvalue weighted by atomic mass is 9.99. The molecule has 1 saturated heterocycles. The first-order valence-electron chi connectivity index (χ1n) is 7.65. The van der Waals surface area contributed by atoms with E-state index in [1.807, 2.05) is 12.1 Å². The fourth-order valence-electron chi connectivity index (χ4n) is 3.12. The van der Waals surface area contributed by atoms with Crippen molar-refractivity contribution in [2.75, 3.05) is 26.8 Å². The average molecular weight is 308 g/mol. The molecule has 0 radical (unpaired) electrons. The number of rotatable bonds is 5. The van der Waals surface area contributed by atoms with E-state index in [4.69, 9.17) is 21.3 Å². The smallest absolute Gasteiger partial charge is 0.114 e. The summed E-state index contributed by atoms with van der Waals surface area (Å²) in [5, 5.41) is 4.21. The molecule has 5 heteroatoms. The number of halogens is 1. The number of benzene rings is 1. The van der Waals surface area contributed by atoms with Crippen LogP contribution in [0.25, 0.3) is 11.0 Å². The third-order valence-electron chi connectivity index (χ3n) is 4.15. The van der Waals surface area contributed by atoms with Crippen LogP contribution in [0.2, 0.25) is 5.02 Å². The minimum Gasteiger partial charge on any atom is -0.385 e. The van der Waals surface area contributed by atoms with Gasteiger partial charge in [0.1, 0.15) is 11.3 Å². The fraction of sp³-hybridized carbons (Fsp3) is 0.562. The van der Waals surface area contributed by atoms with Crippen LogP contribution in [0, 0.1) is 0 Å². The van der Waals surface area contributed by atoms with Gasteiger partial charge in [0.05, 0.1) is 10.5 Å². The van der Waals surface area contributed by atoms with Crippen LogP contribution in [0.4, 0.5) is 0 Å². The molecule has 114 valence electrons. The number of para-hydroxylation sites is 1. The van der Waals surface area contributed by atoms with E-state index in [9.17, 15) is 0 Å². The lowest BCUT2D eigenvalue weighted by Crippen LogP contribution is -2.30. The van der Waals surface area contributed by atoms with E-state index >= 15 is 0 Å². The summed E-state index contributed by atoms with van der Waals surface area (Å²) in [6, 6.07) is 6.03. The molecule has 0 spiro atoms. The Hall–Kier alpha value is -1.10. The Balaban J connectivity index is 1.99. The van der Waals surface area contributed by atoms with E-state index in [2.05, 4.69) is 16.0 Å². The minimum atomic E-state index is 0.477. The third kappa shape index (κ3) is 3.07. The lowest BCUT2D eigenvalue weighted by molar-refractivity contribution is 0.190. The first-order valence-corrected chi connectivity index (χ1v) is 8.03. The minimum absolute atomic E-state index is 0.477. The van der Waals surface area contributed by atoms with Gasteiger partial charge in [-0.3, -0.25) is 0 Å². The zero-order valence-electron chi connectivity index (χ0n) is 12.4. The number of imidazole rings is 1. The van der Waals surface area contributed by atoms with Crippen LogP contribution >= 0.6 is 11.6 Å². The molecule has 0 bridgehead atoms. The maximum absolute atomic E-state index is 6.33. The quantitative estimate of drug-likeness (QED) is 0.862. The fourth-order valence-corrected chi connectivity index (χ4v) is 3.33. The normalized spacial score (nSPS) is 19.2. The van der Waals surface area contributed by atoms with Crippen LogP contribution in [0.15, 0.2) is 18.2 Å². The second kappa shape index (κ2) is 6.77. The molecule has 4 nitrogen and oxygen atoms in total. The van der Waals surface area contributed by atoms with E-state index in [1.165, 1.54) is 18.7 Å². The van der Waals surface area contributed by atoms with E-state index in [1.54, 1.807) is 7.11 Å². The van der Waals surface area contributed by atoms with Gasteiger partial charge < -0.3 is 14.6 Å². The first kappa shape index (κ1) is 14.8. The van der Waals surface area contributed by atoms with Crippen LogP contribution in [0.5, 0.6) is 0 Å². The second-order valence-corrected chi connectivity index (χ2v) is 6.03. The summed E-state index contributed by atoms with van der Waals surface area (Å²) in [6.45, 7) is 3.81. The molecule has 1 aliphatic rings. The number of nitrogens with zero attached hydrogens (tertiary/aromatic N) is 2. The van der Waals surface area contributed by atoms with Crippen molar-refractivity contribution in [2.45, 2.75) is 31.7 Å². The van der Waals surface area contributed by atoms with Crippen LogP contribution in [-0.4, -0.2) is 36.4 Å². The standard InChI is InChI=1S/C16H22ClN3O/c1-21-10-4-9-20-14-7-2-6-13(17)15(14)19-16(20)12-5-3-8-18-11-12/h2,6-7,12,18H,3-5,8-11H2,1H3/t12-/m1/s1. The highest BCUT2D eigenvalue weighted by Gasteiger charge is 2.22. The van der Waals surface area contributed by atoms with E-state index in [-0.39, 0.29) is 0 Å². The molecule has 0 saturated carbocycles. The zero-order valence-corrected chi connectivity index (χ0v) is 13.2. The molecule has 1 aromatic heterocycles. The summed E-state index contributed by atoms with van der Waals surface area (Å²) >= 11 is 6.33. The number of nitrogens with one attached hydrogen (secondary N) is 1. The Kier molecular flexibility index (Phi) is 4.78. The van der Waals surface area contributed by atoms with Gasteiger partial charge in [-0.15, -0.1) is 0 Å². The van der Waals surface area contributed by atoms with Gasteiger partial charge in [0.2, 0.25) is 0 Å². The maximum Gasteiger partial charge on any atom is 0.114 e. The number of hydrogen-bond donors (Lipinski definition) is 1. The third-order valence-corrected chi connectivity index (χ3v) is 4.46. The summed E-state index contributed by atoms with van der Waals surface area (Å²) in [7, 11) is 1.74. The molecule has 1 N–H and O–H groups in total. The Bertz CT molecular complexity index is 605. The molecule has 21 heavy (non-hydrogen) atoms. The number of hydrogen-bond acceptors (Lipinski definition) is 3. The van der Waals surface area contributed by atoms with Crippen LogP contribution in [0.1, 0.15) is 31.0 Å². The summed E-state index contributed by atoms with van der Waals surface area (Å²) in [5.41, 5.74) is 2.07. The van der Waals surface area contributed by atoms with Crippen molar-refractivity contribution in [2.24, 2.45) is 0 Å². The number of ether oxygens (including phenoxy) is 1. The molecule has 0 unspecified atom stereocenters. The van der Waals surface area contributed by atoms with Crippen LogP contribution in [-0.2, 0) is 11.3 Å². The van der Waals surface area contributed by atoms with Gasteiger partial charge in [-0.05, 0) is 37.9 Å². The molecule has 1 aliphatic heterocycles. The van der Waals surface area contributed by atoms with Gasteiger partial charge in [-0.2, -0.15) is 0 Å². The highest BCUT2D eigenvalue weighted by molar-refractivity contribution is 6.34. The van der Waals surface area contributed by atoms with Crippen molar-refractivity contribution in [1.82, 2.24) is 14.9 Å². The van der Waals surface area contributed by atoms with Gasteiger partial charge in [0.15, 0.2) is 0 Å². The number of methoxy groups -OCH3 is 1. The lowest BCUT2D eigenvalue weighted by Gasteiger charge is -2.23. The highest BCUT2D eigenvalue weighted by atomic mass is 35.5. The van der Waals surface area contributed by atoms with Crippen molar-refractivity contribution in [3.8, 4) is 0 Å². The molecule has 2 aromatic rings.